The van der Waals surface area contributed by atoms with Gasteiger partial charge < -0.3 is 9.73 Å². The Morgan fingerprint density at radius 1 is 1.29 bits per heavy atom. The predicted octanol–water partition coefficient (Wildman–Crippen LogP) is 3.25. The lowest BCUT2D eigenvalue weighted by molar-refractivity contribution is 0.530. The minimum atomic E-state index is -0.516. The molecular formula is C13H15F2NO. The van der Waals surface area contributed by atoms with Crippen LogP contribution in [0.5, 0.6) is 0 Å². The van der Waals surface area contributed by atoms with Gasteiger partial charge in [-0.2, -0.15) is 0 Å². The summed E-state index contributed by atoms with van der Waals surface area (Å²) in [6.45, 7) is 2.05. The molecule has 1 aromatic carbocycles. The zero-order valence-corrected chi connectivity index (χ0v) is 9.89. The quantitative estimate of drug-likeness (QED) is 0.886. The molecule has 0 aliphatic rings. The molecule has 0 saturated heterocycles. The molecule has 92 valence electrons. The molecule has 2 rings (SSSR count). The lowest BCUT2D eigenvalue weighted by Gasteiger charge is -2.13. The Labute approximate surface area is 98.6 Å². The highest BCUT2D eigenvalue weighted by Gasteiger charge is 2.13. The van der Waals surface area contributed by atoms with Crippen LogP contribution in [0, 0.1) is 11.6 Å². The van der Waals surface area contributed by atoms with E-state index < -0.39 is 11.6 Å². The highest BCUT2D eigenvalue weighted by molar-refractivity contribution is 5.79. The van der Waals surface area contributed by atoms with Gasteiger partial charge in [0.2, 0.25) is 0 Å². The van der Waals surface area contributed by atoms with Crippen LogP contribution in [-0.2, 0) is 6.42 Å². The number of rotatable bonds is 4. The monoisotopic (exact) mass is 239 g/mol. The van der Waals surface area contributed by atoms with Gasteiger partial charge in [-0.1, -0.05) is 6.92 Å². The van der Waals surface area contributed by atoms with E-state index in [0.29, 0.717) is 6.42 Å². The first-order valence-electron chi connectivity index (χ1n) is 5.68. The number of hydrogen-bond acceptors (Lipinski definition) is 2. The van der Waals surface area contributed by atoms with Gasteiger partial charge >= 0.3 is 0 Å². The Bertz CT molecular complexity index is 517. The minimum Gasteiger partial charge on any atom is -0.458 e. The van der Waals surface area contributed by atoms with Crippen molar-refractivity contribution in [2.75, 3.05) is 7.05 Å². The van der Waals surface area contributed by atoms with Crippen molar-refractivity contribution in [1.29, 1.82) is 0 Å². The van der Waals surface area contributed by atoms with Crippen LogP contribution in [0.15, 0.2) is 22.8 Å². The largest absolute Gasteiger partial charge is 0.458 e. The molecule has 1 unspecified atom stereocenters. The number of nitrogens with one attached hydrogen (secondary N) is 1. The van der Waals surface area contributed by atoms with Crippen LogP contribution in [0.2, 0.25) is 0 Å². The maximum absolute atomic E-state index is 13.6. The average molecular weight is 239 g/mol. The van der Waals surface area contributed by atoms with Crippen molar-refractivity contribution in [3.8, 4) is 0 Å². The number of benzene rings is 1. The molecule has 0 bridgehead atoms. The van der Waals surface area contributed by atoms with Crippen LogP contribution < -0.4 is 5.32 Å². The van der Waals surface area contributed by atoms with E-state index in [-0.39, 0.29) is 17.0 Å². The molecule has 4 heteroatoms. The van der Waals surface area contributed by atoms with Crippen molar-refractivity contribution in [3.05, 3.63) is 35.6 Å². The fraction of sp³-hybridized carbons (Fsp3) is 0.385. The van der Waals surface area contributed by atoms with Gasteiger partial charge in [0.05, 0.1) is 5.39 Å². The Balaban J connectivity index is 2.38. The second kappa shape index (κ2) is 4.84. The van der Waals surface area contributed by atoms with Gasteiger partial charge in [-0.05, 0) is 37.6 Å². The molecule has 1 atom stereocenters. The summed E-state index contributed by atoms with van der Waals surface area (Å²) >= 11 is 0. The van der Waals surface area contributed by atoms with Gasteiger partial charge in [-0.25, -0.2) is 8.78 Å². The number of furan rings is 1. The summed E-state index contributed by atoms with van der Waals surface area (Å²) in [5, 5.41) is 3.35. The topological polar surface area (TPSA) is 25.2 Å². The van der Waals surface area contributed by atoms with E-state index in [2.05, 4.69) is 12.2 Å². The summed E-state index contributed by atoms with van der Waals surface area (Å²) in [4.78, 5) is 0. The van der Waals surface area contributed by atoms with Crippen molar-refractivity contribution in [2.45, 2.75) is 25.8 Å². The van der Waals surface area contributed by atoms with E-state index in [1.807, 2.05) is 7.05 Å². The molecule has 0 amide bonds. The maximum Gasteiger partial charge on any atom is 0.172 e. The third-order valence-corrected chi connectivity index (χ3v) is 3.02. The molecule has 2 aromatic rings. The molecule has 0 spiro atoms. The molecule has 0 aliphatic heterocycles. The van der Waals surface area contributed by atoms with Crippen LogP contribution in [0.1, 0.15) is 18.9 Å². The van der Waals surface area contributed by atoms with Gasteiger partial charge in [-0.3, -0.25) is 0 Å². The van der Waals surface area contributed by atoms with E-state index in [1.165, 1.54) is 6.07 Å². The van der Waals surface area contributed by atoms with Crippen LogP contribution in [-0.4, -0.2) is 13.1 Å². The van der Waals surface area contributed by atoms with E-state index in [0.717, 1.165) is 18.2 Å². The summed E-state index contributed by atoms with van der Waals surface area (Å²) in [6, 6.07) is 3.32. The van der Waals surface area contributed by atoms with Gasteiger partial charge in [0.25, 0.3) is 0 Å². The lowest BCUT2D eigenvalue weighted by Crippen LogP contribution is -2.26. The molecular weight excluding hydrogens is 224 g/mol. The molecule has 0 radical (unpaired) electrons. The summed E-state index contributed by atoms with van der Waals surface area (Å²) in [6.07, 6.45) is 2.54. The number of likely N-dealkylation sites (N-methyl/N-ethyl adjacent to an activating group) is 1. The fourth-order valence-corrected chi connectivity index (χ4v) is 1.97. The molecule has 1 aromatic heterocycles. The summed E-state index contributed by atoms with van der Waals surface area (Å²) < 4.78 is 31.8. The van der Waals surface area contributed by atoms with Crippen molar-refractivity contribution in [1.82, 2.24) is 5.32 Å². The first-order chi connectivity index (χ1) is 8.15. The van der Waals surface area contributed by atoms with Gasteiger partial charge in [-0.15, -0.1) is 0 Å². The SMILES string of the molecule is CCC(Cc1cc(F)c2occ(F)c2c1)NC. The second-order valence-electron chi connectivity index (χ2n) is 4.14. The smallest absolute Gasteiger partial charge is 0.172 e. The summed E-state index contributed by atoms with van der Waals surface area (Å²) in [5.74, 6) is -1.02. The highest BCUT2D eigenvalue weighted by Crippen LogP contribution is 2.25. The molecule has 0 saturated carbocycles. The fourth-order valence-electron chi connectivity index (χ4n) is 1.97. The zero-order valence-electron chi connectivity index (χ0n) is 9.89. The van der Waals surface area contributed by atoms with Crippen molar-refractivity contribution in [3.63, 3.8) is 0 Å². The standard InChI is InChI=1S/C13H15F2NO/c1-3-9(16-2)4-8-5-10-12(15)7-17-13(10)11(14)6-8/h5-7,9,16H,3-4H2,1-2H3. The number of hydrogen-bond donors (Lipinski definition) is 1. The van der Waals surface area contributed by atoms with Gasteiger partial charge in [0.1, 0.15) is 6.26 Å². The Morgan fingerprint density at radius 2 is 2.06 bits per heavy atom. The predicted molar refractivity (Wildman–Crippen MR) is 63.0 cm³/mol. The van der Waals surface area contributed by atoms with Crippen LogP contribution >= 0.6 is 0 Å². The van der Waals surface area contributed by atoms with E-state index in [9.17, 15) is 8.78 Å². The minimum absolute atomic E-state index is 0.0104. The zero-order chi connectivity index (χ0) is 12.4. The number of halogens is 2. The van der Waals surface area contributed by atoms with Crippen molar-refractivity contribution < 1.29 is 13.2 Å². The Kier molecular flexibility index (Phi) is 3.43. The van der Waals surface area contributed by atoms with Gasteiger partial charge in [0.15, 0.2) is 17.2 Å². The third kappa shape index (κ3) is 2.31. The average Bonchev–Trinajstić information content (AvgIpc) is 2.69. The van der Waals surface area contributed by atoms with Crippen molar-refractivity contribution in [2.24, 2.45) is 0 Å². The van der Waals surface area contributed by atoms with E-state index >= 15 is 0 Å². The van der Waals surface area contributed by atoms with E-state index in [1.54, 1.807) is 6.07 Å². The molecule has 0 fully saturated rings. The molecule has 0 aliphatic carbocycles. The van der Waals surface area contributed by atoms with Crippen LogP contribution in [0.3, 0.4) is 0 Å². The molecule has 2 nitrogen and oxygen atoms in total. The van der Waals surface area contributed by atoms with E-state index in [4.69, 9.17) is 4.42 Å². The Morgan fingerprint density at radius 3 is 2.71 bits per heavy atom. The highest BCUT2D eigenvalue weighted by atomic mass is 19.1. The first kappa shape index (κ1) is 12.0. The maximum atomic E-state index is 13.6. The van der Waals surface area contributed by atoms with Gasteiger partial charge in [0, 0.05) is 6.04 Å². The second-order valence-corrected chi connectivity index (χ2v) is 4.14. The summed E-state index contributed by atoms with van der Waals surface area (Å²) in [5.41, 5.74) is 0.764. The molecule has 1 heterocycles. The number of fused-ring (bicyclic) bond motifs is 1. The Hall–Kier alpha value is -1.42. The normalized spacial score (nSPS) is 13.2. The lowest BCUT2D eigenvalue weighted by atomic mass is 10.0. The van der Waals surface area contributed by atoms with Crippen LogP contribution in [0.4, 0.5) is 8.78 Å². The molecule has 1 N–H and O–H groups in total. The summed E-state index contributed by atoms with van der Waals surface area (Å²) in [7, 11) is 1.86. The first-order valence-corrected chi connectivity index (χ1v) is 5.68. The van der Waals surface area contributed by atoms with Crippen LogP contribution in [0.25, 0.3) is 11.0 Å². The molecule has 17 heavy (non-hydrogen) atoms. The van der Waals surface area contributed by atoms with Crippen molar-refractivity contribution >= 4 is 11.0 Å². The third-order valence-electron chi connectivity index (χ3n) is 3.02.